The van der Waals surface area contributed by atoms with Crippen LogP contribution in [0.5, 0.6) is 11.5 Å². The molecule has 6 nitrogen and oxygen atoms in total. The van der Waals surface area contributed by atoms with Crippen LogP contribution in [-0.4, -0.2) is 56.5 Å². The van der Waals surface area contributed by atoms with E-state index in [1.807, 2.05) is 48.5 Å². The van der Waals surface area contributed by atoms with Crippen LogP contribution in [0.1, 0.15) is 12.8 Å². The fourth-order valence-corrected chi connectivity index (χ4v) is 3.92. The fraction of sp³-hybridized carbons (Fsp3) is 0.409. The number of hydrogen-bond acceptors (Lipinski definition) is 5. The van der Waals surface area contributed by atoms with Crippen LogP contribution in [0.2, 0.25) is 5.02 Å². The van der Waals surface area contributed by atoms with Crippen LogP contribution >= 0.6 is 24.0 Å². The highest BCUT2D eigenvalue weighted by molar-refractivity contribution is 6.30. The van der Waals surface area contributed by atoms with E-state index in [2.05, 4.69) is 4.90 Å². The van der Waals surface area contributed by atoms with Gasteiger partial charge >= 0.3 is 6.09 Å². The highest BCUT2D eigenvalue weighted by Crippen LogP contribution is 2.26. The summed E-state index contributed by atoms with van der Waals surface area (Å²) in [6, 6.07) is 14.9. The Kier molecular flexibility index (Phi) is 7.69. The Balaban J connectivity index is 0.00000256. The molecular formula is C22H26Cl2N2O4. The summed E-state index contributed by atoms with van der Waals surface area (Å²) >= 11 is 5.92. The molecule has 8 heteroatoms. The van der Waals surface area contributed by atoms with Gasteiger partial charge in [0.1, 0.15) is 23.7 Å². The van der Waals surface area contributed by atoms with Crippen LogP contribution in [0.25, 0.3) is 0 Å². The molecule has 0 spiro atoms. The van der Waals surface area contributed by atoms with Gasteiger partial charge in [-0.3, -0.25) is 9.80 Å². The zero-order valence-electron chi connectivity index (χ0n) is 16.8. The molecule has 0 N–H and O–H groups in total. The van der Waals surface area contributed by atoms with Gasteiger partial charge in [0, 0.05) is 30.3 Å². The van der Waals surface area contributed by atoms with E-state index >= 15 is 0 Å². The van der Waals surface area contributed by atoms with Crippen molar-refractivity contribution in [3.8, 4) is 11.5 Å². The second-order valence-electron chi connectivity index (χ2n) is 7.39. The predicted octanol–water partition coefficient (Wildman–Crippen LogP) is 4.64. The van der Waals surface area contributed by atoms with E-state index in [1.54, 1.807) is 12.0 Å². The molecule has 0 saturated carbocycles. The SMILES string of the molecule is COc1ccc(N2C[C@H](CN3CCC(Oc4ccc(Cl)cc4)CC3)OC2=O)cc1.Cl. The first-order valence-electron chi connectivity index (χ1n) is 9.87. The quantitative estimate of drug-likeness (QED) is 0.638. The zero-order valence-corrected chi connectivity index (χ0v) is 18.4. The monoisotopic (exact) mass is 452 g/mol. The van der Waals surface area contributed by atoms with Crippen molar-refractivity contribution in [2.24, 2.45) is 0 Å². The number of halogens is 2. The van der Waals surface area contributed by atoms with Crippen molar-refractivity contribution in [1.82, 2.24) is 4.90 Å². The van der Waals surface area contributed by atoms with E-state index < -0.39 is 0 Å². The van der Waals surface area contributed by atoms with Crippen LogP contribution < -0.4 is 14.4 Å². The number of anilines is 1. The fourth-order valence-electron chi connectivity index (χ4n) is 3.79. The molecule has 0 aliphatic carbocycles. The number of rotatable bonds is 6. The number of amides is 1. The molecule has 0 aromatic heterocycles. The number of benzene rings is 2. The number of hydrogen-bond donors (Lipinski definition) is 0. The van der Waals surface area contributed by atoms with E-state index in [0.717, 1.165) is 49.7 Å². The Morgan fingerprint density at radius 2 is 1.67 bits per heavy atom. The molecule has 2 aliphatic rings. The number of nitrogens with zero attached hydrogens (tertiary/aromatic N) is 2. The number of ether oxygens (including phenoxy) is 3. The predicted molar refractivity (Wildman–Crippen MR) is 119 cm³/mol. The van der Waals surface area contributed by atoms with Crippen molar-refractivity contribution in [1.29, 1.82) is 0 Å². The molecule has 0 bridgehead atoms. The van der Waals surface area contributed by atoms with E-state index in [-0.39, 0.29) is 30.7 Å². The minimum absolute atomic E-state index is 0. The van der Waals surface area contributed by atoms with Gasteiger partial charge in [0.2, 0.25) is 0 Å². The smallest absolute Gasteiger partial charge is 0.414 e. The van der Waals surface area contributed by atoms with Crippen molar-refractivity contribution in [2.45, 2.75) is 25.0 Å². The molecule has 0 radical (unpaired) electrons. The van der Waals surface area contributed by atoms with Crippen LogP contribution in [-0.2, 0) is 4.74 Å². The Labute approximate surface area is 188 Å². The Hall–Kier alpha value is -2.15. The molecule has 2 aliphatic heterocycles. The van der Waals surface area contributed by atoms with Crippen LogP contribution in [0.3, 0.4) is 0 Å². The summed E-state index contributed by atoms with van der Waals surface area (Å²) in [6.45, 7) is 3.15. The van der Waals surface area contributed by atoms with Crippen LogP contribution in [0.4, 0.5) is 10.5 Å². The van der Waals surface area contributed by atoms with Crippen molar-refractivity contribution in [3.05, 3.63) is 53.6 Å². The van der Waals surface area contributed by atoms with Crippen molar-refractivity contribution in [2.75, 3.05) is 38.2 Å². The minimum Gasteiger partial charge on any atom is -0.497 e. The maximum atomic E-state index is 12.3. The van der Waals surface area contributed by atoms with E-state index in [0.29, 0.717) is 11.6 Å². The van der Waals surface area contributed by atoms with Gasteiger partial charge < -0.3 is 14.2 Å². The van der Waals surface area contributed by atoms with E-state index in [1.165, 1.54) is 0 Å². The van der Waals surface area contributed by atoms with Gasteiger partial charge in [-0.2, -0.15) is 0 Å². The maximum absolute atomic E-state index is 12.3. The summed E-state index contributed by atoms with van der Waals surface area (Å²) in [4.78, 5) is 16.3. The number of carbonyl (C=O) groups excluding carboxylic acids is 1. The van der Waals surface area contributed by atoms with Gasteiger partial charge in [0.15, 0.2) is 0 Å². The zero-order chi connectivity index (χ0) is 20.2. The molecule has 4 rings (SSSR count). The highest BCUT2D eigenvalue weighted by atomic mass is 35.5. The summed E-state index contributed by atoms with van der Waals surface area (Å²) in [5, 5.41) is 0.710. The van der Waals surface area contributed by atoms with Crippen molar-refractivity contribution < 1.29 is 19.0 Å². The topological polar surface area (TPSA) is 51.2 Å². The molecule has 2 heterocycles. The molecular weight excluding hydrogens is 427 g/mol. The molecule has 30 heavy (non-hydrogen) atoms. The largest absolute Gasteiger partial charge is 0.497 e. The number of methoxy groups -OCH3 is 1. The lowest BCUT2D eigenvalue weighted by molar-refractivity contribution is 0.0655. The average molecular weight is 453 g/mol. The van der Waals surface area contributed by atoms with Crippen LogP contribution in [0, 0.1) is 0 Å². The van der Waals surface area contributed by atoms with Gasteiger partial charge in [-0.15, -0.1) is 12.4 Å². The molecule has 1 amide bonds. The standard InChI is InChI=1S/C22H25ClN2O4.ClH/c1-27-18-8-4-17(5-9-18)25-15-21(29-22(25)26)14-24-12-10-20(11-13-24)28-19-6-2-16(23)3-7-19;/h2-9,20-21H,10-15H2,1H3;1H/t21-;/m0./s1. The Morgan fingerprint density at radius 3 is 2.30 bits per heavy atom. The first-order chi connectivity index (χ1) is 14.1. The summed E-state index contributed by atoms with van der Waals surface area (Å²) in [7, 11) is 1.62. The molecule has 2 aromatic carbocycles. The minimum atomic E-state index is -0.291. The lowest BCUT2D eigenvalue weighted by Gasteiger charge is -2.33. The number of carbonyl (C=O) groups is 1. The van der Waals surface area contributed by atoms with Gasteiger partial charge in [0.05, 0.1) is 13.7 Å². The van der Waals surface area contributed by atoms with Gasteiger partial charge in [-0.05, 0) is 61.4 Å². The van der Waals surface area contributed by atoms with Gasteiger partial charge in [0.25, 0.3) is 0 Å². The molecule has 0 unspecified atom stereocenters. The average Bonchev–Trinajstić information content (AvgIpc) is 3.11. The third-order valence-electron chi connectivity index (χ3n) is 5.37. The lowest BCUT2D eigenvalue weighted by Crippen LogP contribution is -2.42. The van der Waals surface area contributed by atoms with Gasteiger partial charge in [-0.25, -0.2) is 4.79 Å². The molecule has 1 atom stereocenters. The Morgan fingerprint density at radius 1 is 1.03 bits per heavy atom. The second kappa shape index (κ2) is 10.2. The number of cyclic esters (lactones) is 1. The first kappa shape index (κ1) is 22.5. The molecule has 162 valence electrons. The highest BCUT2D eigenvalue weighted by Gasteiger charge is 2.34. The normalized spacial score (nSPS) is 19.9. The molecule has 2 aromatic rings. The third-order valence-corrected chi connectivity index (χ3v) is 5.62. The van der Waals surface area contributed by atoms with Crippen LogP contribution in [0.15, 0.2) is 48.5 Å². The van der Waals surface area contributed by atoms with Crippen molar-refractivity contribution in [3.63, 3.8) is 0 Å². The van der Waals surface area contributed by atoms with E-state index in [9.17, 15) is 4.79 Å². The number of likely N-dealkylation sites (tertiary alicyclic amines) is 1. The summed E-state index contributed by atoms with van der Waals surface area (Å²) in [5.41, 5.74) is 0.827. The summed E-state index contributed by atoms with van der Waals surface area (Å²) < 4.78 is 16.8. The Bertz CT molecular complexity index is 824. The summed E-state index contributed by atoms with van der Waals surface area (Å²) in [5.74, 6) is 1.62. The molecule has 2 saturated heterocycles. The second-order valence-corrected chi connectivity index (χ2v) is 7.82. The number of piperidine rings is 1. The lowest BCUT2D eigenvalue weighted by atomic mass is 10.1. The van der Waals surface area contributed by atoms with Crippen molar-refractivity contribution >= 4 is 35.8 Å². The summed E-state index contributed by atoms with van der Waals surface area (Å²) in [6.07, 6.45) is 1.69. The molecule has 2 fully saturated rings. The maximum Gasteiger partial charge on any atom is 0.414 e. The third kappa shape index (κ3) is 5.50. The first-order valence-corrected chi connectivity index (χ1v) is 10.3. The van der Waals surface area contributed by atoms with E-state index in [4.69, 9.17) is 25.8 Å². The van der Waals surface area contributed by atoms with Gasteiger partial charge in [-0.1, -0.05) is 11.6 Å².